The van der Waals surface area contributed by atoms with Gasteiger partial charge in [-0.1, -0.05) is 151 Å². The molecule has 6 aromatic carbocycles. The zero-order chi connectivity index (χ0) is 31.3. The molecule has 6 aromatic rings. The van der Waals surface area contributed by atoms with E-state index in [-0.39, 0.29) is 10.8 Å². The summed E-state index contributed by atoms with van der Waals surface area (Å²) in [5, 5.41) is 0. The van der Waals surface area contributed by atoms with Gasteiger partial charge in [0.05, 0.1) is 0 Å². The molecule has 0 heteroatoms. The van der Waals surface area contributed by atoms with Gasteiger partial charge < -0.3 is 0 Å². The van der Waals surface area contributed by atoms with Crippen molar-refractivity contribution in [3.63, 3.8) is 0 Å². The largest absolute Gasteiger partial charge is 0.0622 e. The Morgan fingerprint density at radius 1 is 0.333 bits per heavy atom. The quantitative estimate of drug-likeness (QED) is 0.194. The Morgan fingerprint density at radius 2 is 0.644 bits per heavy atom. The fourth-order valence-electron chi connectivity index (χ4n) is 6.95. The van der Waals surface area contributed by atoms with Gasteiger partial charge in [0.2, 0.25) is 0 Å². The minimum Gasteiger partial charge on any atom is -0.0622 e. The molecule has 0 bridgehead atoms. The maximum atomic E-state index is 2.50. The number of hydrogen-bond acceptors (Lipinski definition) is 0. The van der Waals surface area contributed by atoms with E-state index in [1.54, 1.807) is 0 Å². The molecule has 45 heavy (non-hydrogen) atoms. The molecule has 0 amide bonds. The van der Waals surface area contributed by atoms with Crippen LogP contribution in [-0.2, 0) is 17.3 Å². The monoisotopic (exact) mass is 582 g/mol. The van der Waals surface area contributed by atoms with Crippen molar-refractivity contribution in [3.8, 4) is 55.6 Å². The van der Waals surface area contributed by atoms with Gasteiger partial charge in [-0.15, -0.1) is 0 Å². The highest BCUT2D eigenvalue weighted by atomic mass is 14.3. The highest BCUT2D eigenvalue weighted by Gasteiger charge is 2.29. The Bertz CT molecular complexity index is 1830. The van der Waals surface area contributed by atoms with E-state index in [1.807, 2.05) is 0 Å². The summed E-state index contributed by atoms with van der Waals surface area (Å²) in [5.41, 5.74) is 18.8. The van der Waals surface area contributed by atoms with Crippen molar-refractivity contribution in [2.24, 2.45) is 0 Å². The van der Waals surface area contributed by atoms with Crippen LogP contribution >= 0.6 is 0 Å². The van der Waals surface area contributed by atoms with Gasteiger partial charge in [-0.3, -0.25) is 0 Å². The average molecular weight is 583 g/mol. The fourth-order valence-corrected chi connectivity index (χ4v) is 6.95. The van der Waals surface area contributed by atoms with Crippen molar-refractivity contribution in [2.45, 2.75) is 58.8 Å². The zero-order valence-electron chi connectivity index (χ0n) is 27.4. The van der Waals surface area contributed by atoms with Crippen molar-refractivity contribution in [3.05, 3.63) is 156 Å². The lowest BCUT2D eigenvalue weighted by Gasteiger charge is -2.26. The lowest BCUT2D eigenvalue weighted by atomic mass is 9.78. The summed E-state index contributed by atoms with van der Waals surface area (Å²) in [7, 11) is 0. The minimum atomic E-state index is 0.0124. The van der Waals surface area contributed by atoms with Crippen LogP contribution < -0.4 is 0 Å². The second-order valence-corrected chi connectivity index (χ2v) is 14.7. The Kier molecular flexibility index (Phi) is 7.13. The summed E-state index contributed by atoms with van der Waals surface area (Å²) in [5.74, 6) is 0. The molecule has 0 fully saturated rings. The van der Waals surface area contributed by atoms with Crippen LogP contribution in [0.5, 0.6) is 0 Å². The molecule has 0 aromatic heterocycles. The first-order chi connectivity index (χ1) is 21.6. The number of rotatable bonds is 4. The molecule has 0 saturated carbocycles. The number of hydrogen-bond donors (Lipinski definition) is 0. The van der Waals surface area contributed by atoms with Gasteiger partial charge in [-0.2, -0.15) is 0 Å². The third kappa shape index (κ3) is 5.55. The molecule has 7 rings (SSSR count). The smallest absolute Gasteiger partial charge is 0.00130 e. The first kappa shape index (κ1) is 29.1. The molecule has 0 nitrogen and oxygen atoms in total. The standard InChI is InChI=1S/C45H42/c1-44(2,3)42-28-38-36(26-40(42)34-21-17-32(18-22-34)30-13-9-7-10-14-30)25-37-27-41(43(29-39(37)38)45(4,5)6)35-23-19-33(20-24-35)31-15-11-8-12-16-31/h7-24,26-29H,25H2,1-6H3. The van der Waals surface area contributed by atoms with Crippen LogP contribution in [0.3, 0.4) is 0 Å². The third-order valence-corrected chi connectivity index (χ3v) is 9.38. The van der Waals surface area contributed by atoms with Crippen LogP contribution in [0, 0.1) is 0 Å². The Hall–Kier alpha value is -4.68. The van der Waals surface area contributed by atoms with Gasteiger partial charge in [-0.25, -0.2) is 0 Å². The van der Waals surface area contributed by atoms with Crippen LogP contribution in [-0.4, -0.2) is 0 Å². The summed E-state index contributed by atoms with van der Waals surface area (Å²) in [6.45, 7) is 14.1. The first-order valence-electron chi connectivity index (χ1n) is 16.2. The highest BCUT2D eigenvalue weighted by molar-refractivity contribution is 5.87. The lowest BCUT2D eigenvalue weighted by Crippen LogP contribution is -2.14. The van der Waals surface area contributed by atoms with E-state index < -0.39 is 0 Å². The summed E-state index contributed by atoms with van der Waals surface area (Å²) in [4.78, 5) is 0. The van der Waals surface area contributed by atoms with Gasteiger partial charge in [0.25, 0.3) is 0 Å². The predicted octanol–water partition coefficient (Wildman–Crippen LogP) is 12.5. The second-order valence-electron chi connectivity index (χ2n) is 14.7. The lowest BCUT2D eigenvalue weighted by molar-refractivity contribution is 0.591. The first-order valence-corrected chi connectivity index (χ1v) is 16.2. The van der Waals surface area contributed by atoms with E-state index in [0.29, 0.717) is 0 Å². The van der Waals surface area contributed by atoms with E-state index >= 15 is 0 Å². The van der Waals surface area contributed by atoms with Gasteiger partial charge in [0.1, 0.15) is 0 Å². The van der Waals surface area contributed by atoms with Crippen LogP contribution in [0.1, 0.15) is 63.8 Å². The molecule has 0 atom stereocenters. The molecule has 0 spiro atoms. The van der Waals surface area contributed by atoms with Crippen molar-refractivity contribution in [2.75, 3.05) is 0 Å². The van der Waals surface area contributed by atoms with Crippen molar-refractivity contribution < 1.29 is 0 Å². The van der Waals surface area contributed by atoms with Crippen LogP contribution in [0.25, 0.3) is 55.6 Å². The predicted molar refractivity (Wildman–Crippen MR) is 194 cm³/mol. The molecule has 0 saturated heterocycles. The number of benzene rings is 6. The molecular formula is C45H42. The highest BCUT2D eigenvalue weighted by Crippen LogP contribution is 2.47. The normalized spacial score (nSPS) is 12.6. The number of fused-ring (bicyclic) bond motifs is 3. The molecule has 0 aliphatic heterocycles. The molecule has 222 valence electrons. The Labute approximate surface area is 269 Å². The topological polar surface area (TPSA) is 0 Å². The van der Waals surface area contributed by atoms with Crippen molar-refractivity contribution >= 4 is 0 Å². The van der Waals surface area contributed by atoms with Gasteiger partial charge in [0, 0.05) is 0 Å². The van der Waals surface area contributed by atoms with Crippen LogP contribution in [0.15, 0.2) is 133 Å². The second kappa shape index (κ2) is 11.0. The van der Waals surface area contributed by atoms with Gasteiger partial charge in [0.15, 0.2) is 0 Å². The van der Waals surface area contributed by atoms with Gasteiger partial charge >= 0.3 is 0 Å². The van der Waals surface area contributed by atoms with Crippen LogP contribution in [0.4, 0.5) is 0 Å². The average Bonchev–Trinajstić information content (AvgIpc) is 3.40. The third-order valence-electron chi connectivity index (χ3n) is 9.38. The van der Waals surface area contributed by atoms with E-state index in [2.05, 4.69) is 175 Å². The SMILES string of the molecule is CC(C)(C)c1cc2c(cc1-c1ccc(-c3ccccc3)cc1)Cc1cc(-c3ccc(-c4ccccc4)cc3)c(C(C)(C)C)cc1-2. The van der Waals surface area contributed by atoms with E-state index in [9.17, 15) is 0 Å². The van der Waals surface area contributed by atoms with Gasteiger partial charge in [-0.05, 0) is 119 Å². The summed E-state index contributed by atoms with van der Waals surface area (Å²) in [6.07, 6.45) is 0.962. The molecule has 0 unspecified atom stereocenters. The van der Waals surface area contributed by atoms with Crippen molar-refractivity contribution in [1.29, 1.82) is 0 Å². The summed E-state index contributed by atoms with van der Waals surface area (Å²) in [6, 6.07) is 49.6. The Morgan fingerprint density at radius 3 is 0.978 bits per heavy atom. The molecule has 0 radical (unpaired) electrons. The molecule has 1 aliphatic carbocycles. The van der Waals surface area contributed by atoms with Crippen LogP contribution in [0.2, 0.25) is 0 Å². The van der Waals surface area contributed by atoms with E-state index in [0.717, 1.165) is 6.42 Å². The maximum Gasteiger partial charge on any atom is -0.00130 e. The molecule has 0 heterocycles. The molecular weight excluding hydrogens is 540 g/mol. The summed E-state index contributed by atoms with van der Waals surface area (Å²) >= 11 is 0. The summed E-state index contributed by atoms with van der Waals surface area (Å²) < 4.78 is 0. The fraction of sp³-hybridized carbons (Fsp3) is 0.200. The maximum absolute atomic E-state index is 2.50. The minimum absolute atomic E-state index is 0.0124. The Balaban J connectivity index is 1.31. The zero-order valence-corrected chi connectivity index (χ0v) is 27.4. The molecule has 0 N–H and O–H groups in total. The van der Waals surface area contributed by atoms with Crippen molar-refractivity contribution in [1.82, 2.24) is 0 Å². The molecule has 1 aliphatic rings. The van der Waals surface area contributed by atoms with E-state index in [4.69, 9.17) is 0 Å². The van der Waals surface area contributed by atoms with E-state index in [1.165, 1.54) is 77.9 Å².